The van der Waals surface area contributed by atoms with Crippen LogP contribution in [0.1, 0.15) is 0 Å². The Balaban J connectivity index is 1.04. The highest BCUT2D eigenvalue weighted by Crippen LogP contribution is 2.45. The molecule has 5 nitrogen and oxygen atoms in total. The average Bonchev–Trinajstić information content (AvgIpc) is 4.21. The third-order valence-electron chi connectivity index (χ3n) is 13.1. The molecule has 0 spiro atoms. The van der Waals surface area contributed by atoms with Gasteiger partial charge in [-0.05, 0) is 162 Å². The maximum atomic E-state index is 4.76. The van der Waals surface area contributed by atoms with Gasteiger partial charge in [0.1, 0.15) is 0 Å². The second-order valence-electron chi connectivity index (χ2n) is 17.3. The van der Waals surface area contributed by atoms with E-state index in [4.69, 9.17) is 4.98 Å². The van der Waals surface area contributed by atoms with Crippen LogP contribution in [0.15, 0.2) is 274 Å². The Labute approximate surface area is 407 Å². The van der Waals surface area contributed by atoms with E-state index in [1.807, 2.05) is 64.6 Å². The molecule has 9 aromatic carbocycles. The van der Waals surface area contributed by atoms with Gasteiger partial charge in [-0.1, -0.05) is 170 Å². The fourth-order valence-electron chi connectivity index (χ4n) is 9.65. The highest BCUT2D eigenvalue weighted by atomic mass is 15.3. The third kappa shape index (κ3) is 8.33. The fourth-order valence-corrected chi connectivity index (χ4v) is 9.65. The summed E-state index contributed by atoms with van der Waals surface area (Å²) in [5, 5.41) is 8.94. The van der Waals surface area contributed by atoms with Gasteiger partial charge < -0.3 is 0 Å². The molecular weight excluding hydrogens is 851 g/mol. The zero-order valence-corrected chi connectivity index (χ0v) is 38.2. The standard InChI is InChI=1S/C65H45N5/c1-2-14-46(15-3-1)47-23-25-50(26-24-47)64-45-51(65-22-10-11-37-66-65)31-36-63(64)62-21-9-8-20-61(62)54-43-52(59-18-6-4-16-57(59)48-27-32-55(33-28-48)69-40-12-38-67-69)42-53(44-54)60-19-7-5-17-58(60)49-29-34-56(35-30-49)70-41-13-39-68-70/h1-45H. The molecule has 0 N–H and O–H groups in total. The first-order valence-electron chi connectivity index (χ1n) is 23.6. The predicted octanol–water partition coefficient (Wildman–Crippen LogP) is 16.5. The largest absolute Gasteiger partial charge is 0.256 e. The van der Waals surface area contributed by atoms with Crippen molar-refractivity contribution in [3.05, 3.63) is 274 Å². The topological polar surface area (TPSA) is 48.5 Å². The lowest BCUT2D eigenvalue weighted by molar-refractivity contribution is 0.881. The summed E-state index contributed by atoms with van der Waals surface area (Å²) >= 11 is 0. The SMILES string of the molecule is c1ccc(-c2ccc(-c3cc(-c4ccccn4)ccc3-c3ccccc3-c3cc(-c4ccccc4-c4ccc(-n5cccn5)cc4)cc(-c4ccccc4-c4ccc(-n5cccn5)cc4)c3)cc2)cc1. The van der Waals surface area contributed by atoms with Crippen molar-refractivity contribution in [1.29, 1.82) is 0 Å². The summed E-state index contributed by atoms with van der Waals surface area (Å²) < 4.78 is 3.78. The van der Waals surface area contributed by atoms with Crippen LogP contribution in [0.2, 0.25) is 0 Å². The smallest absolute Gasteiger partial charge is 0.0702 e. The van der Waals surface area contributed by atoms with Gasteiger partial charge >= 0.3 is 0 Å². The number of nitrogens with zero attached hydrogens (tertiary/aromatic N) is 5. The van der Waals surface area contributed by atoms with Crippen molar-refractivity contribution in [2.24, 2.45) is 0 Å². The van der Waals surface area contributed by atoms with Gasteiger partial charge in [-0.2, -0.15) is 10.2 Å². The Morgan fingerprint density at radius 2 is 0.614 bits per heavy atom. The monoisotopic (exact) mass is 895 g/mol. The van der Waals surface area contributed by atoms with Gasteiger partial charge in [0.25, 0.3) is 0 Å². The Kier molecular flexibility index (Phi) is 11.2. The lowest BCUT2D eigenvalue weighted by Gasteiger charge is -2.19. The first kappa shape index (κ1) is 41.9. The molecule has 0 fully saturated rings. The van der Waals surface area contributed by atoms with Gasteiger partial charge in [0.05, 0.1) is 17.1 Å². The molecule has 12 aromatic rings. The van der Waals surface area contributed by atoms with Crippen LogP contribution in [0.3, 0.4) is 0 Å². The van der Waals surface area contributed by atoms with Gasteiger partial charge in [-0.3, -0.25) is 4.98 Å². The van der Waals surface area contributed by atoms with Gasteiger partial charge in [-0.15, -0.1) is 0 Å². The van der Waals surface area contributed by atoms with Crippen LogP contribution < -0.4 is 0 Å². The highest BCUT2D eigenvalue weighted by Gasteiger charge is 2.19. The Hall–Kier alpha value is -9.45. The maximum absolute atomic E-state index is 4.76. The van der Waals surface area contributed by atoms with Gasteiger partial charge in [0, 0.05) is 36.5 Å². The minimum absolute atomic E-state index is 0.936. The average molecular weight is 896 g/mol. The molecule has 0 saturated heterocycles. The summed E-state index contributed by atoms with van der Waals surface area (Å²) in [6.07, 6.45) is 9.42. The summed E-state index contributed by atoms with van der Waals surface area (Å²) in [5.41, 5.74) is 22.3. The molecule has 0 aliphatic carbocycles. The van der Waals surface area contributed by atoms with Crippen LogP contribution in [0.5, 0.6) is 0 Å². The van der Waals surface area contributed by atoms with E-state index in [-0.39, 0.29) is 0 Å². The molecule has 12 rings (SSSR count). The number of hydrogen-bond donors (Lipinski definition) is 0. The van der Waals surface area contributed by atoms with E-state index in [9.17, 15) is 0 Å². The molecule has 0 unspecified atom stereocenters. The second kappa shape index (κ2) is 18.7. The molecule has 3 heterocycles. The number of aromatic nitrogens is 5. The first-order chi connectivity index (χ1) is 34.7. The minimum Gasteiger partial charge on any atom is -0.256 e. The first-order valence-corrected chi connectivity index (χ1v) is 23.6. The van der Waals surface area contributed by atoms with Crippen molar-refractivity contribution in [1.82, 2.24) is 24.5 Å². The lowest BCUT2D eigenvalue weighted by Crippen LogP contribution is -1.95. The molecule has 0 atom stereocenters. The van der Waals surface area contributed by atoms with Crippen LogP contribution >= 0.6 is 0 Å². The molecule has 0 amide bonds. The van der Waals surface area contributed by atoms with Crippen molar-refractivity contribution >= 4 is 0 Å². The molecule has 0 bridgehead atoms. The molecule has 3 aromatic heterocycles. The Morgan fingerprint density at radius 3 is 1.10 bits per heavy atom. The molecule has 330 valence electrons. The second-order valence-corrected chi connectivity index (χ2v) is 17.3. The Bertz CT molecular complexity index is 3570. The lowest BCUT2D eigenvalue weighted by atomic mass is 9.84. The van der Waals surface area contributed by atoms with Crippen LogP contribution in [-0.2, 0) is 0 Å². The van der Waals surface area contributed by atoms with Crippen molar-refractivity contribution in [3.63, 3.8) is 0 Å². The number of hydrogen-bond acceptors (Lipinski definition) is 3. The molecule has 0 aliphatic heterocycles. The van der Waals surface area contributed by atoms with Crippen molar-refractivity contribution < 1.29 is 0 Å². The molecule has 70 heavy (non-hydrogen) atoms. The molecule has 0 radical (unpaired) electrons. The van der Waals surface area contributed by atoms with E-state index < -0.39 is 0 Å². The fraction of sp³-hybridized carbons (Fsp3) is 0. The summed E-state index contributed by atoms with van der Waals surface area (Å²) in [6, 6.07) is 87.1. The van der Waals surface area contributed by atoms with Crippen molar-refractivity contribution in [3.8, 4) is 112 Å². The van der Waals surface area contributed by atoms with E-state index in [0.29, 0.717) is 0 Å². The van der Waals surface area contributed by atoms with Gasteiger partial charge in [0.15, 0.2) is 0 Å². The molecule has 0 saturated carbocycles. The zero-order chi connectivity index (χ0) is 46.6. The molecule has 0 aliphatic rings. The van der Waals surface area contributed by atoms with Crippen LogP contribution in [0, 0.1) is 0 Å². The molecule has 5 heteroatoms. The number of benzene rings is 9. The van der Waals surface area contributed by atoms with E-state index in [1.54, 1.807) is 0 Å². The van der Waals surface area contributed by atoms with Crippen LogP contribution in [0.4, 0.5) is 0 Å². The normalized spacial score (nSPS) is 11.1. The number of rotatable bonds is 11. The summed E-state index contributed by atoms with van der Waals surface area (Å²) in [5.74, 6) is 0. The zero-order valence-electron chi connectivity index (χ0n) is 38.2. The summed E-state index contributed by atoms with van der Waals surface area (Å²) in [6.45, 7) is 0. The maximum Gasteiger partial charge on any atom is 0.0702 e. The van der Waals surface area contributed by atoms with E-state index in [2.05, 4.69) is 229 Å². The minimum atomic E-state index is 0.936. The number of pyridine rings is 1. The van der Waals surface area contributed by atoms with Crippen LogP contribution in [-0.4, -0.2) is 24.5 Å². The Morgan fingerprint density at radius 1 is 0.229 bits per heavy atom. The van der Waals surface area contributed by atoms with Crippen molar-refractivity contribution in [2.75, 3.05) is 0 Å². The predicted molar refractivity (Wildman–Crippen MR) is 287 cm³/mol. The molecular formula is C65H45N5. The van der Waals surface area contributed by atoms with E-state index >= 15 is 0 Å². The van der Waals surface area contributed by atoms with Crippen LogP contribution in [0.25, 0.3) is 112 Å². The highest BCUT2D eigenvalue weighted by molar-refractivity contribution is 5.97. The summed E-state index contributed by atoms with van der Waals surface area (Å²) in [4.78, 5) is 4.76. The van der Waals surface area contributed by atoms with E-state index in [1.165, 1.54) is 11.1 Å². The van der Waals surface area contributed by atoms with E-state index in [0.717, 1.165) is 101 Å². The quantitative estimate of drug-likeness (QED) is 0.130. The third-order valence-corrected chi connectivity index (χ3v) is 13.1. The van der Waals surface area contributed by atoms with Crippen molar-refractivity contribution in [2.45, 2.75) is 0 Å². The summed E-state index contributed by atoms with van der Waals surface area (Å²) in [7, 11) is 0. The van der Waals surface area contributed by atoms with Gasteiger partial charge in [0.2, 0.25) is 0 Å². The van der Waals surface area contributed by atoms with Gasteiger partial charge in [-0.25, -0.2) is 9.36 Å².